The molecule has 1 unspecified atom stereocenters. The summed E-state index contributed by atoms with van der Waals surface area (Å²) < 4.78 is 0. The van der Waals surface area contributed by atoms with Gasteiger partial charge in [0.25, 0.3) is 0 Å². The van der Waals surface area contributed by atoms with E-state index in [9.17, 15) is 0 Å². The first kappa shape index (κ1) is 7.03. The zero-order chi connectivity index (χ0) is 6.53. The number of rotatable bonds is 2. The number of nitrogens with two attached hydrogens (primary N) is 1. The largest absolute Gasteiger partial charge is 0.330 e. The Kier molecular flexibility index (Phi) is 3.01. The van der Waals surface area contributed by atoms with Crippen molar-refractivity contribution in [1.29, 1.82) is 0 Å². The van der Waals surface area contributed by atoms with E-state index in [0.29, 0.717) is 0 Å². The summed E-state index contributed by atoms with van der Waals surface area (Å²) in [6, 6.07) is 0. The molecule has 0 aromatic carbocycles. The van der Waals surface area contributed by atoms with E-state index in [-0.39, 0.29) is 0 Å². The second-order valence-corrected chi connectivity index (χ2v) is 2.60. The molecule has 2 heteroatoms. The van der Waals surface area contributed by atoms with E-state index in [0.717, 1.165) is 25.4 Å². The second kappa shape index (κ2) is 3.85. The van der Waals surface area contributed by atoms with Gasteiger partial charge in [-0.25, -0.2) is 0 Å². The maximum absolute atomic E-state index is 5.41. The quantitative estimate of drug-likeness (QED) is 0.566. The number of nitrogens with one attached hydrogen (secondary N) is 1. The van der Waals surface area contributed by atoms with Crippen LogP contribution in [-0.4, -0.2) is 13.1 Å². The summed E-state index contributed by atoms with van der Waals surface area (Å²) >= 11 is 0. The van der Waals surface area contributed by atoms with Crippen LogP contribution in [0.25, 0.3) is 0 Å². The highest BCUT2D eigenvalue weighted by Crippen LogP contribution is 2.15. The van der Waals surface area contributed by atoms with Crippen molar-refractivity contribution in [1.82, 2.24) is 5.32 Å². The van der Waals surface area contributed by atoms with Gasteiger partial charge in [0.15, 0.2) is 0 Å². The molecular weight excluding hydrogens is 112 g/mol. The molecule has 1 fully saturated rings. The fourth-order valence-electron chi connectivity index (χ4n) is 1.24. The predicted octanol–water partition coefficient (Wildman–Crippen LogP) is 0.497. The van der Waals surface area contributed by atoms with Crippen molar-refractivity contribution in [2.24, 2.45) is 11.7 Å². The molecule has 53 valence electrons. The van der Waals surface area contributed by atoms with E-state index < -0.39 is 0 Å². The van der Waals surface area contributed by atoms with Gasteiger partial charge >= 0.3 is 0 Å². The highest BCUT2D eigenvalue weighted by atomic mass is 14.9. The van der Waals surface area contributed by atoms with Crippen LogP contribution in [0.1, 0.15) is 19.3 Å². The van der Waals surface area contributed by atoms with Crippen molar-refractivity contribution in [3.8, 4) is 0 Å². The smallest absolute Gasteiger partial charge is 0.0252 e. The summed E-state index contributed by atoms with van der Waals surface area (Å²) in [5.74, 6) is 0.740. The Balaban J connectivity index is 2.08. The minimum absolute atomic E-state index is 0.740. The van der Waals surface area contributed by atoms with Crippen LogP contribution in [0.5, 0.6) is 0 Å². The first-order chi connectivity index (χ1) is 4.43. The summed E-state index contributed by atoms with van der Waals surface area (Å²) in [4.78, 5) is 0. The van der Waals surface area contributed by atoms with E-state index >= 15 is 0 Å². The van der Waals surface area contributed by atoms with Gasteiger partial charge in [-0.1, -0.05) is 0 Å². The first-order valence-electron chi connectivity index (χ1n) is 3.70. The molecule has 0 spiro atoms. The maximum Gasteiger partial charge on any atom is 0.0252 e. The van der Waals surface area contributed by atoms with E-state index in [1.165, 1.54) is 12.8 Å². The summed E-state index contributed by atoms with van der Waals surface area (Å²) in [6.07, 6.45) is 3.78. The van der Waals surface area contributed by atoms with Crippen LogP contribution in [0.15, 0.2) is 0 Å². The summed E-state index contributed by atoms with van der Waals surface area (Å²) in [6.45, 7) is 4.17. The van der Waals surface area contributed by atoms with Gasteiger partial charge in [0.2, 0.25) is 0 Å². The molecule has 2 nitrogen and oxygen atoms in total. The molecule has 1 saturated heterocycles. The lowest BCUT2D eigenvalue weighted by atomic mass is 9.96. The summed E-state index contributed by atoms with van der Waals surface area (Å²) in [5.41, 5.74) is 5.41. The Morgan fingerprint density at radius 3 is 3.11 bits per heavy atom. The molecule has 3 N–H and O–H groups in total. The van der Waals surface area contributed by atoms with Crippen molar-refractivity contribution in [2.45, 2.75) is 19.3 Å². The minimum Gasteiger partial charge on any atom is -0.330 e. The third kappa shape index (κ3) is 2.33. The number of hydrogen-bond acceptors (Lipinski definition) is 2. The molecule has 0 aromatic heterocycles. The second-order valence-electron chi connectivity index (χ2n) is 2.60. The monoisotopic (exact) mass is 127 g/mol. The standard InChI is InChI=1S/C7H15N2/c8-4-3-7-2-1-5-9-6-7/h6-7,9H,1-5,8H2. The third-order valence-electron chi connectivity index (χ3n) is 1.79. The lowest BCUT2D eigenvalue weighted by Gasteiger charge is -2.20. The zero-order valence-corrected chi connectivity index (χ0v) is 5.77. The van der Waals surface area contributed by atoms with Crippen LogP contribution in [0.4, 0.5) is 0 Å². The molecule has 1 aliphatic heterocycles. The van der Waals surface area contributed by atoms with E-state index in [2.05, 4.69) is 11.9 Å². The Bertz CT molecular complexity index is 64.6. The van der Waals surface area contributed by atoms with Crippen LogP contribution in [-0.2, 0) is 0 Å². The Labute approximate surface area is 56.8 Å². The van der Waals surface area contributed by atoms with Gasteiger partial charge in [-0.2, -0.15) is 0 Å². The van der Waals surface area contributed by atoms with Gasteiger partial charge in [0.05, 0.1) is 0 Å². The molecule has 1 radical (unpaired) electrons. The van der Waals surface area contributed by atoms with Gasteiger partial charge in [-0.3, -0.25) is 0 Å². The third-order valence-corrected chi connectivity index (χ3v) is 1.79. The summed E-state index contributed by atoms with van der Waals surface area (Å²) in [7, 11) is 0. The van der Waals surface area contributed by atoms with Crippen molar-refractivity contribution in [2.75, 3.05) is 13.1 Å². The number of piperidine rings is 1. The average molecular weight is 127 g/mol. The maximum atomic E-state index is 5.41. The van der Waals surface area contributed by atoms with Crippen molar-refractivity contribution < 1.29 is 0 Å². The lowest BCUT2D eigenvalue weighted by Crippen LogP contribution is -2.26. The first-order valence-corrected chi connectivity index (χ1v) is 3.70. The van der Waals surface area contributed by atoms with E-state index in [1.54, 1.807) is 0 Å². The average Bonchev–Trinajstić information content (AvgIpc) is 1.91. The molecule has 1 aliphatic rings. The summed E-state index contributed by atoms with van der Waals surface area (Å²) in [5, 5.41) is 3.24. The van der Waals surface area contributed by atoms with Crippen molar-refractivity contribution in [3.63, 3.8) is 0 Å². The molecule has 0 amide bonds. The molecule has 1 atom stereocenters. The molecule has 1 heterocycles. The lowest BCUT2D eigenvalue weighted by molar-refractivity contribution is 0.416. The molecule has 0 aromatic rings. The normalized spacial score (nSPS) is 28.3. The Morgan fingerprint density at radius 1 is 1.67 bits per heavy atom. The minimum atomic E-state index is 0.740. The van der Waals surface area contributed by atoms with Crippen LogP contribution in [0.3, 0.4) is 0 Å². The van der Waals surface area contributed by atoms with Gasteiger partial charge in [-0.15, -0.1) is 0 Å². The Morgan fingerprint density at radius 2 is 2.56 bits per heavy atom. The number of hydrogen-bond donors (Lipinski definition) is 2. The fourth-order valence-corrected chi connectivity index (χ4v) is 1.24. The zero-order valence-electron chi connectivity index (χ0n) is 5.77. The molecule has 0 aliphatic carbocycles. The van der Waals surface area contributed by atoms with E-state index in [1.807, 2.05) is 0 Å². The molecular formula is C7H15N2. The highest BCUT2D eigenvalue weighted by molar-refractivity contribution is 4.78. The van der Waals surface area contributed by atoms with E-state index in [4.69, 9.17) is 5.73 Å². The highest BCUT2D eigenvalue weighted by Gasteiger charge is 2.11. The van der Waals surface area contributed by atoms with Gasteiger partial charge in [0.1, 0.15) is 0 Å². The van der Waals surface area contributed by atoms with Crippen LogP contribution in [0, 0.1) is 12.5 Å². The Hall–Kier alpha value is -0.0800. The fraction of sp³-hybridized carbons (Fsp3) is 0.857. The van der Waals surface area contributed by atoms with Crippen LogP contribution < -0.4 is 11.1 Å². The van der Waals surface area contributed by atoms with Gasteiger partial charge in [-0.05, 0) is 38.3 Å². The van der Waals surface area contributed by atoms with Crippen LogP contribution in [0.2, 0.25) is 0 Å². The molecule has 0 bridgehead atoms. The van der Waals surface area contributed by atoms with Gasteiger partial charge in [0, 0.05) is 6.54 Å². The van der Waals surface area contributed by atoms with Crippen molar-refractivity contribution in [3.05, 3.63) is 6.54 Å². The SMILES string of the molecule is NCCC1[CH]NCCC1. The molecule has 0 saturated carbocycles. The molecule has 1 rings (SSSR count). The predicted molar refractivity (Wildman–Crippen MR) is 38.7 cm³/mol. The van der Waals surface area contributed by atoms with Gasteiger partial charge < -0.3 is 11.1 Å². The molecule has 9 heavy (non-hydrogen) atoms. The van der Waals surface area contributed by atoms with Crippen LogP contribution >= 0.6 is 0 Å². The topological polar surface area (TPSA) is 38.0 Å². The van der Waals surface area contributed by atoms with Crippen molar-refractivity contribution >= 4 is 0 Å².